The summed E-state index contributed by atoms with van der Waals surface area (Å²) in [6.45, 7) is 0. The van der Waals surface area contributed by atoms with E-state index in [1.165, 1.54) is 50.3 Å². The van der Waals surface area contributed by atoms with Crippen LogP contribution in [0.4, 0.5) is 0 Å². The fourth-order valence-electron chi connectivity index (χ4n) is 4.93. The minimum absolute atomic E-state index is 0.0954. The largest absolute Gasteiger partial charge is 0.457 e. The highest BCUT2D eigenvalue weighted by atomic mass is 79.9. The van der Waals surface area contributed by atoms with Crippen molar-refractivity contribution in [1.29, 1.82) is 0 Å². The van der Waals surface area contributed by atoms with Crippen LogP contribution in [0.3, 0.4) is 0 Å². The van der Waals surface area contributed by atoms with Gasteiger partial charge in [0.15, 0.2) is 5.17 Å². The van der Waals surface area contributed by atoms with E-state index in [-0.39, 0.29) is 11.9 Å². The van der Waals surface area contributed by atoms with Crippen molar-refractivity contribution in [2.75, 3.05) is 0 Å². The molecule has 2 heterocycles. The Hall–Kier alpha value is -1.79. The van der Waals surface area contributed by atoms with Gasteiger partial charge in [0.05, 0.1) is 10.9 Å². The predicted molar refractivity (Wildman–Crippen MR) is 135 cm³/mol. The first-order chi connectivity index (χ1) is 15.7. The molecule has 0 spiro atoms. The molecule has 2 aromatic rings. The van der Waals surface area contributed by atoms with Crippen LogP contribution in [0.25, 0.3) is 17.4 Å². The maximum absolute atomic E-state index is 13.5. The Morgan fingerprint density at radius 1 is 0.938 bits per heavy atom. The number of nitrogens with zero attached hydrogens (tertiary/aromatic N) is 2. The maximum Gasteiger partial charge on any atom is 0.267 e. The SMILES string of the molecule is O=C1C(=Cc2ccc(-c3ccc(Br)cc3)o2)SC(=NC2CCCCC2)N1C1CCCCC1. The number of halogens is 1. The van der Waals surface area contributed by atoms with Gasteiger partial charge in [-0.2, -0.15) is 0 Å². The zero-order valence-electron chi connectivity index (χ0n) is 18.3. The lowest BCUT2D eigenvalue weighted by molar-refractivity contribution is -0.124. The minimum Gasteiger partial charge on any atom is -0.457 e. The average Bonchev–Trinajstić information content (AvgIpc) is 3.40. The van der Waals surface area contributed by atoms with Gasteiger partial charge in [-0.25, -0.2) is 0 Å². The monoisotopic (exact) mass is 512 g/mol. The second kappa shape index (κ2) is 10.0. The van der Waals surface area contributed by atoms with E-state index < -0.39 is 0 Å². The second-order valence-corrected chi connectivity index (χ2v) is 10.9. The number of amides is 1. The molecular formula is C26H29BrN2O2S. The first-order valence-electron chi connectivity index (χ1n) is 11.8. The fourth-order valence-corrected chi connectivity index (χ4v) is 6.29. The highest BCUT2D eigenvalue weighted by molar-refractivity contribution is 9.10. The van der Waals surface area contributed by atoms with Crippen LogP contribution in [0.1, 0.15) is 70.0 Å². The first kappa shape index (κ1) is 22.0. The van der Waals surface area contributed by atoms with E-state index in [4.69, 9.17) is 9.41 Å². The summed E-state index contributed by atoms with van der Waals surface area (Å²) in [7, 11) is 0. The van der Waals surface area contributed by atoms with Crippen LogP contribution in [-0.4, -0.2) is 28.1 Å². The third-order valence-corrected chi connectivity index (χ3v) is 8.20. The minimum atomic E-state index is 0.0954. The van der Waals surface area contributed by atoms with Gasteiger partial charge in [0.2, 0.25) is 0 Å². The molecule has 0 atom stereocenters. The number of rotatable bonds is 4. The molecule has 32 heavy (non-hydrogen) atoms. The van der Waals surface area contributed by atoms with E-state index in [9.17, 15) is 4.79 Å². The Morgan fingerprint density at radius 3 is 2.34 bits per heavy atom. The molecule has 3 aliphatic rings. The Morgan fingerprint density at radius 2 is 1.62 bits per heavy atom. The standard InChI is InChI=1S/C26H29BrN2O2S/c27-19-13-11-18(12-14-19)23-16-15-22(31-23)17-24-25(30)29(21-9-5-2-6-10-21)26(32-24)28-20-7-3-1-4-8-20/h11-17,20-21H,1-10H2. The summed E-state index contributed by atoms with van der Waals surface area (Å²) in [4.78, 5) is 21.3. The van der Waals surface area contributed by atoms with E-state index in [2.05, 4.69) is 15.9 Å². The number of thioether (sulfide) groups is 1. The van der Waals surface area contributed by atoms with E-state index in [1.54, 1.807) is 0 Å². The summed E-state index contributed by atoms with van der Waals surface area (Å²) in [5.41, 5.74) is 1.02. The molecule has 2 aliphatic carbocycles. The second-order valence-electron chi connectivity index (χ2n) is 8.99. The van der Waals surface area contributed by atoms with Crippen molar-refractivity contribution in [2.24, 2.45) is 4.99 Å². The zero-order valence-corrected chi connectivity index (χ0v) is 20.7. The van der Waals surface area contributed by atoms with Crippen molar-refractivity contribution >= 4 is 44.8 Å². The summed E-state index contributed by atoms with van der Waals surface area (Å²) in [5, 5.41) is 0.916. The highest BCUT2D eigenvalue weighted by Gasteiger charge is 2.39. The summed E-state index contributed by atoms with van der Waals surface area (Å²) >= 11 is 5.01. The van der Waals surface area contributed by atoms with Gasteiger partial charge >= 0.3 is 0 Å². The lowest BCUT2D eigenvalue weighted by Gasteiger charge is -2.31. The van der Waals surface area contributed by atoms with Crippen molar-refractivity contribution in [3.63, 3.8) is 0 Å². The van der Waals surface area contributed by atoms with Gasteiger partial charge in [-0.3, -0.25) is 14.7 Å². The van der Waals surface area contributed by atoms with Crippen molar-refractivity contribution in [3.8, 4) is 11.3 Å². The van der Waals surface area contributed by atoms with Crippen LogP contribution in [0, 0.1) is 0 Å². The van der Waals surface area contributed by atoms with E-state index in [0.29, 0.717) is 11.8 Å². The van der Waals surface area contributed by atoms with Gasteiger partial charge in [-0.1, -0.05) is 66.6 Å². The molecule has 6 heteroatoms. The maximum atomic E-state index is 13.5. The van der Waals surface area contributed by atoms with Crippen LogP contribution in [0.5, 0.6) is 0 Å². The fraction of sp³-hybridized carbons (Fsp3) is 0.462. The van der Waals surface area contributed by atoms with Crippen LogP contribution >= 0.6 is 27.7 Å². The molecule has 0 N–H and O–H groups in total. The summed E-state index contributed by atoms with van der Waals surface area (Å²) in [6, 6.07) is 12.6. The van der Waals surface area contributed by atoms with Crippen molar-refractivity contribution in [3.05, 3.63) is 51.5 Å². The van der Waals surface area contributed by atoms with Crippen LogP contribution < -0.4 is 0 Å². The number of benzene rings is 1. The molecule has 2 saturated carbocycles. The average molecular weight is 514 g/mol. The van der Waals surface area contributed by atoms with Crippen LogP contribution in [0.15, 0.2) is 55.2 Å². The van der Waals surface area contributed by atoms with E-state index >= 15 is 0 Å². The highest BCUT2D eigenvalue weighted by Crippen LogP contribution is 2.39. The molecular weight excluding hydrogens is 484 g/mol. The number of carbonyl (C=O) groups excluding carboxylic acids is 1. The Balaban J connectivity index is 1.41. The van der Waals surface area contributed by atoms with Gasteiger partial charge < -0.3 is 4.42 Å². The molecule has 5 rings (SSSR count). The van der Waals surface area contributed by atoms with Crippen molar-refractivity contribution in [1.82, 2.24) is 4.90 Å². The molecule has 1 aromatic carbocycles. The zero-order chi connectivity index (χ0) is 21.9. The van der Waals surface area contributed by atoms with Gasteiger partial charge in [0.1, 0.15) is 11.5 Å². The molecule has 1 aliphatic heterocycles. The molecule has 0 unspecified atom stereocenters. The predicted octanol–water partition coefficient (Wildman–Crippen LogP) is 7.65. The molecule has 1 aromatic heterocycles. The van der Waals surface area contributed by atoms with Gasteiger partial charge in [0.25, 0.3) is 5.91 Å². The number of aliphatic imine (C=N–C) groups is 1. The summed E-state index contributed by atoms with van der Waals surface area (Å²) in [6.07, 6.45) is 13.8. The lowest BCUT2D eigenvalue weighted by atomic mass is 9.94. The Kier molecular flexibility index (Phi) is 6.88. The van der Waals surface area contributed by atoms with E-state index in [0.717, 1.165) is 51.6 Å². The number of hydrogen-bond acceptors (Lipinski definition) is 4. The molecule has 1 saturated heterocycles. The molecule has 3 fully saturated rings. The third kappa shape index (κ3) is 4.91. The van der Waals surface area contributed by atoms with Crippen LogP contribution in [-0.2, 0) is 4.79 Å². The molecule has 4 nitrogen and oxygen atoms in total. The molecule has 1 amide bonds. The van der Waals surface area contributed by atoms with Gasteiger partial charge in [0, 0.05) is 22.2 Å². The number of hydrogen-bond donors (Lipinski definition) is 0. The Bertz CT molecular complexity index is 1010. The van der Waals surface area contributed by atoms with Crippen LogP contribution in [0.2, 0.25) is 0 Å². The number of amidine groups is 1. The number of furan rings is 1. The summed E-state index contributed by atoms with van der Waals surface area (Å²) in [5.74, 6) is 1.61. The first-order valence-corrected chi connectivity index (χ1v) is 13.4. The van der Waals surface area contributed by atoms with E-state index in [1.807, 2.05) is 47.4 Å². The molecule has 168 valence electrons. The molecule has 0 radical (unpaired) electrons. The third-order valence-electron chi connectivity index (χ3n) is 6.67. The lowest BCUT2D eigenvalue weighted by Crippen LogP contribution is -2.41. The van der Waals surface area contributed by atoms with Gasteiger partial charge in [-0.05, 0) is 61.7 Å². The van der Waals surface area contributed by atoms with Gasteiger partial charge in [-0.15, -0.1) is 0 Å². The van der Waals surface area contributed by atoms with Crippen molar-refractivity contribution in [2.45, 2.75) is 76.3 Å². The Labute approximate surface area is 202 Å². The number of carbonyl (C=O) groups is 1. The van der Waals surface area contributed by atoms with Crippen molar-refractivity contribution < 1.29 is 9.21 Å². The molecule has 0 bridgehead atoms. The summed E-state index contributed by atoms with van der Waals surface area (Å²) < 4.78 is 7.11. The topological polar surface area (TPSA) is 45.8 Å². The smallest absolute Gasteiger partial charge is 0.267 e. The quantitative estimate of drug-likeness (QED) is 0.395. The normalized spacial score (nSPS) is 23.5.